The van der Waals surface area contributed by atoms with Gasteiger partial charge in [-0.05, 0) is 31.4 Å². The van der Waals surface area contributed by atoms with Crippen molar-refractivity contribution in [3.8, 4) is 0 Å². The molecule has 0 aromatic heterocycles. The van der Waals surface area contributed by atoms with Gasteiger partial charge in [-0.1, -0.05) is 24.3 Å². The third-order valence-corrected chi connectivity index (χ3v) is 3.23. The van der Waals surface area contributed by atoms with Crippen molar-refractivity contribution in [2.75, 3.05) is 6.54 Å². The van der Waals surface area contributed by atoms with E-state index in [1.165, 1.54) is 25.0 Å². The number of Topliss-reactive ketones (excluding diaryl/α,β-unsaturated/α-hetero) is 2. The fourth-order valence-electron chi connectivity index (χ4n) is 2.24. The number of carbonyl (C=O) groups excluding carboxylic acids is 2. The maximum atomic E-state index is 11.4. The second-order valence-corrected chi connectivity index (χ2v) is 4.64. The summed E-state index contributed by atoms with van der Waals surface area (Å²) in [6.07, 6.45) is 2.66. The lowest BCUT2D eigenvalue weighted by molar-refractivity contribution is -0.119. The van der Waals surface area contributed by atoms with Crippen molar-refractivity contribution < 1.29 is 9.59 Å². The van der Waals surface area contributed by atoms with E-state index in [2.05, 4.69) is 12.1 Å². The average Bonchev–Trinajstić information content (AvgIpc) is 2.35. The fourth-order valence-corrected chi connectivity index (χ4v) is 2.24. The highest BCUT2D eigenvalue weighted by Crippen LogP contribution is 2.19. The number of carbonyl (C=O) groups is 2. The number of nitrogens with zero attached hydrogens (tertiary/aromatic N) is 1. The number of rotatable bonds is 3. The zero-order chi connectivity index (χ0) is 13.1. The van der Waals surface area contributed by atoms with E-state index >= 15 is 0 Å². The molecule has 0 saturated carbocycles. The van der Waals surface area contributed by atoms with Crippen LogP contribution in [0.25, 0.3) is 0 Å². The molecule has 94 valence electrons. The second-order valence-electron chi connectivity index (χ2n) is 4.64. The third-order valence-electron chi connectivity index (χ3n) is 3.23. The number of hydrogen-bond acceptors (Lipinski definition) is 3. The van der Waals surface area contributed by atoms with Crippen molar-refractivity contribution in [3.63, 3.8) is 0 Å². The normalized spacial score (nSPS) is 13.8. The molecule has 2 rings (SSSR count). The van der Waals surface area contributed by atoms with E-state index in [1.54, 1.807) is 6.20 Å². The number of benzene rings is 1. The molecule has 1 aromatic carbocycles. The molecule has 1 heterocycles. The van der Waals surface area contributed by atoms with Gasteiger partial charge in [0.05, 0.1) is 5.57 Å². The predicted molar refractivity (Wildman–Crippen MR) is 70.0 cm³/mol. The SMILES string of the molecule is CC(=O)C(=CN1CCc2ccccc2C1)C(C)=O. The van der Waals surface area contributed by atoms with Gasteiger partial charge in [0.2, 0.25) is 0 Å². The molecule has 0 N–H and O–H groups in total. The van der Waals surface area contributed by atoms with Crippen molar-refractivity contribution in [3.05, 3.63) is 47.2 Å². The smallest absolute Gasteiger partial charge is 0.164 e. The first-order valence-electron chi connectivity index (χ1n) is 6.12. The minimum Gasteiger partial charge on any atom is -0.372 e. The van der Waals surface area contributed by atoms with E-state index < -0.39 is 0 Å². The maximum Gasteiger partial charge on any atom is 0.164 e. The Morgan fingerprint density at radius 3 is 2.33 bits per heavy atom. The summed E-state index contributed by atoms with van der Waals surface area (Å²) in [5.41, 5.74) is 2.91. The summed E-state index contributed by atoms with van der Waals surface area (Å²) in [6.45, 7) is 4.48. The lowest BCUT2D eigenvalue weighted by Gasteiger charge is -2.28. The van der Waals surface area contributed by atoms with E-state index in [1.807, 2.05) is 17.0 Å². The lowest BCUT2D eigenvalue weighted by atomic mass is 10.00. The van der Waals surface area contributed by atoms with E-state index in [4.69, 9.17) is 0 Å². The van der Waals surface area contributed by atoms with Gasteiger partial charge in [-0.3, -0.25) is 9.59 Å². The van der Waals surface area contributed by atoms with Crippen LogP contribution in [0.5, 0.6) is 0 Å². The summed E-state index contributed by atoms with van der Waals surface area (Å²) >= 11 is 0. The van der Waals surface area contributed by atoms with Gasteiger partial charge in [0.25, 0.3) is 0 Å². The lowest BCUT2D eigenvalue weighted by Crippen LogP contribution is -2.27. The van der Waals surface area contributed by atoms with Gasteiger partial charge in [-0.2, -0.15) is 0 Å². The molecule has 0 amide bonds. The predicted octanol–water partition coefficient (Wildman–Crippen LogP) is 2.11. The molecule has 1 aromatic rings. The van der Waals surface area contributed by atoms with Crippen molar-refractivity contribution in [2.45, 2.75) is 26.8 Å². The molecule has 0 aliphatic carbocycles. The van der Waals surface area contributed by atoms with Crippen molar-refractivity contribution in [1.29, 1.82) is 0 Å². The van der Waals surface area contributed by atoms with Crippen molar-refractivity contribution in [2.24, 2.45) is 0 Å². The van der Waals surface area contributed by atoms with Gasteiger partial charge < -0.3 is 4.90 Å². The highest BCUT2D eigenvalue weighted by atomic mass is 16.1. The fraction of sp³-hybridized carbons (Fsp3) is 0.333. The Morgan fingerprint density at radius 1 is 1.11 bits per heavy atom. The molecule has 18 heavy (non-hydrogen) atoms. The summed E-state index contributed by atoms with van der Waals surface area (Å²) in [6, 6.07) is 8.29. The monoisotopic (exact) mass is 243 g/mol. The van der Waals surface area contributed by atoms with Gasteiger partial charge in [0.15, 0.2) is 11.6 Å². The van der Waals surface area contributed by atoms with E-state index in [0.29, 0.717) is 0 Å². The maximum absolute atomic E-state index is 11.4. The quantitative estimate of drug-likeness (QED) is 0.463. The Kier molecular flexibility index (Phi) is 3.60. The zero-order valence-corrected chi connectivity index (χ0v) is 10.8. The van der Waals surface area contributed by atoms with Crippen LogP contribution in [0.3, 0.4) is 0 Å². The average molecular weight is 243 g/mol. The van der Waals surface area contributed by atoms with Gasteiger partial charge in [0.1, 0.15) is 0 Å². The molecule has 0 radical (unpaired) electrons. The van der Waals surface area contributed by atoms with E-state index in [0.717, 1.165) is 19.5 Å². The second kappa shape index (κ2) is 5.17. The minimum absolute atomic E-state index is 0.165. The summed E-state index contributed by atoms with van der Waals surface area (Å²) in [4.78, 5) is 24.8. The minimum atomic E-state index is -0.165. The summed E-state index contributed by atoms with van der Waals surface area (Å²) in [7, 11) is 0. The largest absolute Gasteiger partial charge is 0.372 e. The first kappa shape index (κ1) is 12.6. The molecule has 3 nitrogen and oxygen atoms in total. The zero-order valence-electron chi connectivity index (χ0n) is 10.8. The number of fused-ring (bicyclic) bond motifs is 1. The molecule has 1 aliphatic rings. The van der Waals surface area contributed by atoms with Crippen LogP contribution < -0.4 is 0 Å². The molecule has 0 atom stereocenters. The van der Waals surface area contributed by atoms with E-state index in [9.17, 15) is 9.59 Å². The van der Waals surface area contributed by atoms with Crippen molar-refractivity contribution in [1.82, 2.24) is 4.90 Å². The molecule has 0 bridgehead atoms. The summed E-state index contributed by atoms with van der Waals surface area (Å²) in [5, 5.41) is 0. The topological polar surface area (TPSA) is 37.4 Å². The van der Waals surface area contributed by atoms with Crippen LogP contribution in [0.4, 0.5) is 0 Å². The summed E-state index contributed by atoms with van der Waals surface area (Å²) in [5.74, 6) is -0.331. The van der Waals surface area contributed by atoms with Gasteiger partial charge in [-0.15, -0.1) is 0 Å². The molecule has 0 fully saturated rings. The highest BCUT2D eigenvalue weighted by Gasteiger charge is 2.16. The Morgan fingerprint density at radius 2 is 1.72 bits per heavy atom. The molecular formula is C15H17NO2. The number of hydrogen-bond donors (Lipinski definition) is 0. The number of allylic oxidation sites excluding steroid dienone is 1. The van der Waals surface area contributed by atoms with Crippen LogP contribution >= 0.6 is 0 Å². The van der Waals surface area contributed by atoms with Crippen molar-refractivity contribution >= 4 is 11.6 Å². The van der Waals surface area contributed by atoms with Crippen LogP contribution in [-0.4, -0.2) is 23.0 Å². The Hall–Kier alpha value is -1.90. The van der Waals surface area contributed by atoms with Crippen LogP contribution in [0, 0.1) is 0 Å². The molecule has 0 unspecified atom stereocenters. The number of ketones is 2. The van der Waals surface area contributed by atoms with Crippen LogP contribution in [-0.2, 0) is 22.6 Å². The molecule has 1 aliphatic heterocycles. The Balaban J connectivity index is 2.21. The van der Waals surface area contributed by atoms with Gasteiger partial charge in [-0.25, -0.2) is 0 Å². The molecule has 0 spiro atoms. The summed E-state index contributed by atoms with van der Waals surface area (Å²) < 4.78 is 0. The standard InChI is InChI=1S/C15H17NO2/c1-11(17)15(12(2)18)10-16-8-7-13-5-3-4-6-14(13)9-16/h3-6,10H,7-9H2,1-2H3. The van der Waals surface area contributed by atoms with Crippen LogP contribution in [0.1, 0.15) is 25.0 Å². The molecule has 3 heteroatoms. The Bertz CT molecular complexity index is 501. The first-order chi connectivity index (χ1) is 8.58. The first-order valence-corrected chi connectivity index (χ1v) is 6.12. The van der Waals surface area contributed by atoms with Crippen LogP contribution in [0.15, 0.2) is 36.0 Å². The molecule has 0 saturated heterocycles. The van der Waals surface area contributed by atoms with E-state index in [-0.39, 0.29) is 17.1 Å². The van der Waals surface area contributed by atoms with Gasteiger partial charge >= 0.3 is 0 Å². The highest BCUT2D eigenvalue weighted by molar-refractivity contribution is 6.18. The third kappa shape index (κ3) is 2.67. The Labute approximate surface area is 107 Å². The van der Waals surface area contributed by atoms with Gasteiger partial charge in [0, 0.05) is 19.3 Å². The van der Waals surface area contributed by atoms with Crippen LogP contribution in [0.2, 0.25) is 0 Å². The molecular weight excluding hydrogens is 226 g/mol.